The Hall–Kier alpha value is -1.61. The van der Waals surface area contributed by atoms with Crippen LogP contribution in [0.2, 0.25) is 0 Å². The first kappa shape index (κ1) is 13.8. The van der Waals surface area contributed by atoms with E-state index in [1.165, 1.54) is 18.2 Å². The molecule has 0 atom stereocenters. The molecule has 4 heteroatoms. The van der Waals surface area contributed by atoms with E-state index in [0.717, 1.165) is 11.3 Å². The number of nitrogens with zero attached hydrogens (tertiary/aromatic N) is 1. The van der Waals surface area contributed by atoms with E-state index >= 15 is 0 Å². The highest BCUT2D eigenvalue weighted by atomic mass is 35.5. The van der Waals surface area contributed by atoms with Crippen LogP contribution in [0.5, 0.6) is 0 Å². The van der Waals surface area contributed by atoms with E-state index in [1.54, 1.807) is 29.2 Å². The van der Waals surface area contributed by atoms with Crippen molar-refractivity contribution in [1.29, 1.82) is 0 Å². The fourth-order valence-corrected chi connectivity index (χ4v) is 2.13. The number of hydrogen-bond acceptors (Lipinski definition) is 1. The van der Waals surface area contributed by atoms with Crippen LogP contribution < -0.4 is 4.90 Å². The van der Waals surface area contributed by atoms with Crippen LogP contribution in [-0.4, -0.2) is 6.54 Å². The van der Waals surface area contributed by atoms with E-state index in [0.29, 0.717) is 12.2 Å². The minimum Gasteiger partial charge on any atom is -0.339 e. The number of hydrogen-bond donors (Lipinski definition) is 0. The van der Waals surface area contributed by atoms with Gasteiger partial charge < -0.3 is 4.90 Å². The molecule has 1 nitrogen and oxygen atoms in total. The fourth-order valence-electron chi connectivity index (χ4n) is 1.97. The third-order valence-corrected chi connectivity index (χ3v) is 3.22. The lowest BCUT2D eigenvalue weighted by molar-refractivity contribution is 0.623. The van der Waals surface area contributed by atoms with Gasteiger partial charge in [0.1, 0.15) is 11.6 Å². The molecular weight excluding hydrogens is 268 g/mol. The van der Waals surface area contributed by atoms with E-state index < -0.39 is 0 Å². The van der Waals surface area contributed by atoms with Gasteiger partial charge in [0.15, 0.2) is 0 Å². The minimum atomic E-state index is -0.329. The molecule has 0 amide bonds. The Morgan fingerprint density at radius 3 is 2.26 bits per heavy atom. The molecular formula is C15H14ClF2N. The van der Waals surface area contributed by atoms with Crippen molar-refractivity contribution < 1.29 is 8.78 Å². The summed E-state index contributed by atoms with van der Waals surface area (Å²) in [5, 5.41) is 0. The Morgan fingerprint density at radius 2 is 1.74 bits per heavy atom. The molecule has 0 fully saturated rings. The van der Waals surface area contributed by atoms with Crippen LogP contribution >= 0.6 is 11.6 Å². The van der Waals surface area contributed by atoms with E-state index in [2.05, 4.69) is 0 Å². The Kier molecular flexibility index (Phi) is 4.38. The molecule has 0 aliphatic carbocycles. The number of rotatable bonds is 4. The monoisotopic (exact) mass is 281 g/mol. The van der Waals surface area contributed by atoms with Crippen molar-refractivity contribution in [3.05, 3.63) is 59.7 Å². The largest absolute Gasteiger partial charge is 0.339 e. The van der Waals surface area contributed by atoms with Crippen molar-refractivity contribution >= 4 is 23.0 Å². The fraction of sp³-hybridized carbons (Fsp3) is 0.200. The number of alkyl halides is 1. The van der Waals surface area contributed by atoms with Gasteiger partial charge in [-0.1, -0.05) is 6.07 Å². The van der Waals surface area contributed by atoms with Crippen LogP contribution in [0.1, 0.15) is 12.5 Å². The zero-order chi connectivity index (χ0) is 13.8. The molecule has 0 aliphatic heterocycles. The first-order valence-corrected chi connectivity index (χ1v) is 6.56. The van der Waals surface area contributed by atoms with Crippen LogP contribution in [0.3, 0.4) is 0 Å². The summed E-state index contributed by atoms with van der Waals surface area (Å²) in [7, 11) is 0. The quantitative estimate of drug-likeness (QED) is 0.723. The van der Waals surface area contributed by atoms with Crippen LogP contribution in [0.25, 0.3) is 0 Å². The van der Waals surface area contributed by atoms with Crippen molar-refractivity contribution in [1.82, 2.24) is 0 Å². The van der Waals surface area contributed by atoms with E-state index in [1.807, 2.05) is 6.92 Å². The highest BCUT2D eigenvalue weighted by Crippen LogP contribution is 2.28. The Morgan fingerprint density at radius 1 is 1.05 bits per heavy atom. The lowest BCUT2D eigenvalue weighted by Crippen LogP contribution is -2.17. The molecule has 0 saturated heterocycles. The summed E-state index contributed by atoms with van der Waals surface area (Å²) in [5.74, 6) is -0.359. The molecule has 0 heterocycles. The van der Waals surface area contributed by atoms with Gasteiger partial charge in [-0.2, -0.15) is 0 Å². The summed E-state index contributed by atoms with van der Waals surface area (Å²) in [5.41, 5.74) is 1.95. The Balaban J connectivity index is 2.39. The van der Waals surface area contributed by atoms with Crippen LogP contribution in [-0.2, 0) is 5.88 Å². The summed E-state index contributed by atoms with van der Waals surface area (Å²) in [6, 6.07) is 10.9. The van der Waals surface area contributed by atoms with Gasteiger partial charge in [-0.3, -0.25) is 0 Å². The van der Waals surface area contributed by atoms with Gasteiger partial charge in [-0.05, 0) is 48.9 Å². The summed E-state index contributed by atoms with van der Waals surface area (Å²) in [6.07, 6.45) is 0. The topological polar surface area (TPSA) is 3.24 Å². The van der Waals surface area contributed by atoms with Gasteiger partial charge in [0.05, 0.1) is 5.69 Å². The molecule has 100 valence electrons. The third kappa shape index (κ3) is 3.04. The molecule has 0 spiro atoms. The molecule has 2 rings (SSSR count). The summed E-state index contributed by atoms with van der Waals surface area (Å²) < 4.78 is 27.0. The second-order valence-electron chi connectivity index (χ2n) is 4.14. The van der Waals surface area contributed by atoms with Gasteiger partial charge in [0.2, 0.25) is 0 Å². The molecule has 0 bridgehead atoms. The Labute approximate surface area is 116 Å². The predicted octanol–water partition coefficient (Wildman–Crippen LogP) is 4.86. The van der Waals surface area contributed by atoms with Crippen molar-refractivity contribution in [2.45, 2.75) is 12.8 Å². The normalized spacial score (nSPS) is 10.5. The van der Waals surface area contributed by atoms with Crippen LogP contribution in [0.4, 0.5) is 20.2 Å². The smallest absolute Gasteiger partial charge is 0.147 e. The maximum absolute atomic E-state index is 14.1. The molecule has 19 heavy (non-hydrogen) atoms. The van der Waals surface area contributed by atoms with Crippen molar-refractivity contribution in [2.75, 3.05) is 11.4 Å². The average molecular weight is 282 g/mol. The molecule has 0 aromatic heterocycles. The SMILES string of the molecule is CCN(c1ccc(F)cc1)c1ccc(CCl)cc1F. The number of halogens is 3. The lowest BCUT2D eigenvalue weighted by Gasteiger charge is -2.24. The highest BCUT2D eigenvalue weighted by Gasteiger charge is 2.12. The van der Waals surface area contributed by atoms with E-state index in [4.69, 9.17) is 11.6 Å². The number of benzene rings is 2. The van der Waals surface area contributed by atoms with Crippen LogP contribution in [0.15, 0.2) is 42.5 Å². The maximum Gasteiger partial charge on any atom is 0.147 e. The summed E-state index contributed by atoms with van der Waals surface area (Å²) in [6.45, 7) is 2.50. The van der Waals surface area contributed by atoms with E-state index in [9.17, 15) is 8.78 Å². The standard InChI is InChI=1S/C15H14ClF2N/c1-2-19(13-6-4-12(17)5-7-13)15-8-3-11(10-16)9-14(15)18/h3-9H,2,10H2,1H3. The van der Waals surface area contributed by atoms with E-state index in [-0.39, 0.29) is 17.5 Å². The highest BCUT2D eigenvalue weighted by molar-refractivity contribution is 6.17. The molecule has 2 aromatic carbocycles. The molecule has 0 radical (unpaired) electrons. The van der Waals surface area contributed by atoms with Gasteiger partial charge in [-0.15, -0.1) is 11.6 Å². The predicted molar refractivity (Wildman–Crippen MR) is 75.0 cm³/mol. The van der Waals surface area contributed by atoms with Crippen molar-refractivity contribution in [3.63, 3.8) is 0 Å². The first-order chi connectivity index (χ1) is 9.15. The zero-order valence-corrected chi connectivity index (χ0v) is 11.3. The second-order valence-corrected chi connectivity index (χ2v) is 4.41. The van der Waals surface area contributed by atoms with Gasteiger partial charge in [0, 0.05) is 18.1 Å². The molecule has 0 N–H and O–H groups in total. The summed E-state index contributed by atoms with van der Waals surface area (Å²) in [4.78, 5) is 1.78. The average Bonchev–Trinajstić information content (AvgIpc) is 2.43. The molecule has 2 aromatic rings. The first-order valence-electron chi connectivity index (χ1n) is 6.03. The van der Waals surface area contributed by atoms with Gasteiger partial charge >= 0.3 is 0 Å². The molecule has 0 saturated carbocycles. The maximum atomic E-state index is 14.1. The van der Waals surface area contributed by atoms with Gasteiger partial charge in [-0.25, -0.2) is 8.78 Å². The van der Waals surface area contributed by atoms with Crippen molar-refractivity contribution in [3.8, 4) is 0 Å². The zero-order valence-electron chi connectivity index (χ0n) is 10.5. The Bertz CT molecular complexity index is 555. The molecule has 0 unspecified atom stereocenters. The van der Waals surface area contributed by atoms with Gasteiger partial charge in [0.25, 0.3) is 0 Å². The molecule has 0 aliphatic rings. The lowest BCUT2D eigenvalue weighted by atomic mass is 10.2. The third-order valence-electron chi connectivity index (χ3n) is 2.91. The minimum absolute atomic E-state index is 0.278. The second kappa shape index (κ2) is 6.02. The number of anilines is 2. The van der Waals surface area contributed by atoms with Crippen molar-refractivity contribution in [2.24, 2.45) is 0 Å². The van der Waals surface area contributed by atoms with Crippen LogP contribution in [0, 0.1) is 11.6 Å². The summed E-state index contributed by atoms with van der Waals surface area (Å²) >= 11 is 5.68.